The summed E-state index contributed by atoms with van der Waals surface area (Å²) < 4.78 is 1.20. The van der Waals surface area contributed by atoms with Gasteiger partial charge in [0.15, 0.2) is 11.3 Å². The molecule has 2 aromatic rings. The summed E-state index contributed by atoms with van der Waals surface area (Å²) in [5, 5.41) is 15.6. The first-order valence-electron chi connectivity index (χ1n) is 4.20. The fraction of sp³-hybridized carbons (Fsp3) is 0.125. The van der Waals surface area contributed by atoms with Crippen LogP contribution in [-0.4, -0.2) is 32.7 Å². The van der Waals surface area contributed by atoms with Gasteiger partial charge in [-0.05, 0) is 12.1 Å². The normalized spacial score (nSPS) is 10.5. The molecule has 0 saturated carbocycles. The molecule has 0 atom stereocenters. The number of hydrogen-bond donors (Lipinski definition) is 3. The SMILES string of the molecule is CNc1ccc(C(=O)O)n2nc(N)nc12. The van der Waals surface area contributed by atoms with Gasteiger partial charge in [0.1, 0.15) is 0 Å². The molecule has 2 heterocycles. The van der Waals surface area contributed by atoms with Crippen LogP contribution >= 0.6 is 0 Å². The number of nitrogen functional groups attached to an aromatic ring is 1. The second-order valence-electron chi connectivity index (χ2n) is 2.89. The minimum atomic E-state index is -1.08. The number of aromatic nitrogens is 3. The van der Waals surface area contributed by atoms with Gasteiger partial charge < -0.3 is 16.2 Å². The lowest BCUT2D eigenvalue weighted by atomic mass is 10.3. The van der Waals surface area contributed by atoms with E-state index in [9.17, 15) is 4.79 Å². The molecule has 2 rings (SSSR count). The van der Waals surface area contributed by atoms with Gasteiger partial charge in [0.05, 0.1) is 5.69 Å². The number of nitrogens with zero attached hydrogens (tertiary/aromatic N) is 3. The van der Waals surface area contributed by atoms with E-state index in [2.05, 4.69) is 15.4 Å². The predicted molar refractivity (Wildman–Crippen MR) is 53.9 cm³/mol. The molecule has 7 heteroatoms. The largest absolute Gasteiger partial charge is 0.477 e. The Kier molecular flexibility index (Phi) is 1.93. The fourth-order valence-electron chi connectivity index (χ4n) is 1.33. The second kappa shape index (κ2) is 3.12. The molecule has 0 aromatic carbocycles. The molecule has 0 fully saturated rings. The third kappa shape index (κ3) is 1.33. The smallest absolute Gasteiger partial charge is 0.354 e. The molecule has 78 valence electrons. The van der Waals surface area contributed by atoms with Gasteiger partial charge >= 0.3 is 5.97 Å². The van der Waals surface area contributed by atoms with Crippen LogP contribution in [0.1, 0.15) is 10.5 Å². The molecule has 0 bridgehead atoms. The van der Waals surface area contributed by atoms with Crippen molar-refractivity contribution in [2.45, 2.75) is 0 Å². The van der Waals surface area contributed by atoms with Crippen LogP contribution in [0.3, 0.4) is 0 Å². The van der Waals surface area contributed by atoms with E-state index in [-0.39, 0.29) is 11.6 Å². The van der Waals surface area contributed by atoms with E-state index in [1.807, 2.05) is 0 Å². The molecular weight excluding hydrogens is 198 g/mol. The van der Waals surface area contributed by atoms with Gasteiger partial charge in [0.25, 0.3) is 0 Å². The molecule has 7 nitrogen and oxygen atoms in total. The van der Waals surface area contributed by atoms with Gasteiger partial charge in [-0.1, -0.05) is 0 Å². The number of carboxylic acids is 1. The highest BCUT2D eigenvalue weighted by molar-refractivity contribution is 5.88. The Morgan fingerprint density at radius 2 is 2.33 bits per heavy atom. The molecular formula is C8H9N5O2. The van der Waals surface area contributed by atoms with Crippen molar-refractivity contribution in [3.05, 3.63) is 17.8 Å². The Hall–Kier alpha value is -2.31. The number of anilines is 2. The van der Waals surface area contributed by atoms with E-state index in [0.717, 1.165) is 0 Å². The molecule has 0 aliphatic heterocycles. The molecule has 0 radical (unpaired) electrons. The predicted octanol–water partition coefficient (Wildman–Crippen LogP) is 0.0514. The van der Waals surface area contributed by atoms with Crippen molar-refractivity contribution in [3.8, 4) is 0 Å². The average molecular weight is 207 g/mol. The second-order valence-corrected chi connectivity index (χ2v) is 2.89. The lowest BCUT2D eigenvalue weighted by Crippen LogP contribution is -2.07. The number of pyridine rings is 1. The lowest BCUT2D eigenvalue weighted by molar-refractivity contribution is 0.0687. The standard InChI is InChI=1S/C8H9N5O2/c1-10-4-2-3-5(7(14)15)13-6(4)11-8(9)12-13/h2-3,10H,1H3,(H2,9,12)(H,14,15). The Bertz CT molecular complexity index is 533. The Labute approximate surface area is 84.5 Å². The van der Waals surface area contributed by atoms with Crippen molar-refractivity contribution in [3.63, 3.8) is 0 Å². The number of aromatic carboxylic acids is 1. The van der Waals surface area contributed by atoms with E-state index in [0.29, 0.717) is 11.3 Å². The summed E-state index contributed by atoms with van der Waals surface area (Å²) in [6.07, 6.45) is 0. The van der Waals surface area contributed by atoms with Crippen LogP contribution in [0, 0.1) is 0 Å². The minimum absolute atomic E-state index is 0.0215. The Morgan fingerprint density at radius 3 is 2.93 bits per heavy atom. The first-order chi connectivity index (χ1) is 7.13. The van der Waals surface area contributed by atoms with E-state index in [4.69, 9.17) is 10.8 Å². The maximum Gasteiger partial charge on any atom is 0.354 e. The van der Waals surface area contributed by atoms with Gasteiger partial charge in [-0.3, -0.25) is 0 Å². The molecule has 0 unspecified atom stereocenters. The van der Waals surface area contributed by atoms with E-state index < -0.39 is 5.97 Å². The van der Waals surface area contributed by atoms with Crippen LogP contribution in [0.5, 0.6) is 0 Å². The summed E-state index contributed by atoms with van der Waals surface area (Å²) in [4.78, 5) is 14.8. The monoisotopic (exact) mass is 207 g/mol. The maximum absolute atomic E-state index is 10.9. The van der Waals surface area contributed by atoms with Crippen molar-refractivity contribution < 1.29 is 9.90 Å². The van der Waals surface area contributed by atoms with Crippen LogP contribution in [0.15, 0.2) is 12.1 Å². The lowest BCUT2D eigenvalue weighted by Gasteiger charge is -2.03. The summed E-state index contributed by atoms with van der Waals surface area (Å²) in [5.41, 5.74) is 6.51. The van der Waals surface area contributed by atoms with Crippen LogP contribution in [-0.2, 0) is 0 Å². The highest BCUT2D eigenvalue weighted by Crippen LogP contribution is 2.17. The summed E-state index contributed by atoms with van der Waals surface area (Å²) >= 11 is 0. The number of carboxylic acid groups (broad SMARTS) is 1. The van der Waals surface area contributed by atoms with E-state index in [1.165, 1.54) is 10.6 Å². The number of rotatable bonds is 2. The summed E-state index contributed by atoms with van der Waals surface area (Å²) in [5.74, 6) is -1.03. The van der Waals surface area contributed by atoms with Gasteiger partial charge in [0.2, 0.25) is 5.95 Å². The van der Waals surface area contributed by atoms with Crippen molar-refractivity contribution in [2.75, 3.05) is 18.1 Å². The minimum Gasteiger partial charge on any atom is -0.477 e. The third-order valence-electron chi connectivity index (χ3n) is 1.99. The first-order valence-corrected chi connectivity index (χ1v) is 4.20. The molecule has 0 aliphatic carbocycles. The number of nitrogens with one attached hydrogen (secondary N) is 1. The highest BCUT2D eigenvalue weighted by atomic mass is 16.4. The topological polar surface area (TPSA) is 106 Å². The zero-order valence-corrected chi connectivity index (χ0v) is 7.93. The van der Waals surface area contributed by atoms with E-state index >= 15 is 0 Å². The third-order valence-corrected chi connectivity index (χ3v) is 1.99. The van der Waals surface area contributed by atoms with Gasteiger partial charge in [-0.2, -0.15) is 4.98 Å². The van der Waals surface area contributed by atoms with Crippen molar-refractivity contribution >= 4 is 23.3 Å². The zero-order valence-electron chi connectivity index (χ0n) is 7.93. The molecule has 0 saturated heterocycles. The molecule has 0 aliphatic rings. The van der Waals surface area contributed by atoms with Gasteiger partial charge in [0, 0.05) is 7.05 Å². The van der Waals surface area contributed by atoms with Crippen LogP contribution in [0.2, 0.25) is 0 Å². The number of hydrogen-bond acceptors (Lipinski definition) is 5. The van der Waals surface area contributed by atoms with Crippen LogP contribution < -0.4 is 11.1 Å². The Morgan fingerprint density at radius 1 is 1.60 bits per heavy atom. The van der Waals surface area contributed by atoms with Crippen LogP contribution in [0.25, 0.3) is 5.65 Å². The van der Waals surface area contributed by atoms with Crippen molar-refractivity contribution in [1.82, 2.24) is 14.6 Å². The molecule has 15 heavy (non-hydrogen) atoms. The molecule has 0 spiro atoms. The quantitative estimate of drug-likeness (QED) is 0.642. The van der Waals surface area contributed by atoms with Crippen molar-refractivity contribution in [1.29, 1.82) is 0 Å². The van der Waals surface area contributed by atoms with Gasteiger partial charge in [-0.25, -0.2) is 9.31 Å². The first kappa shape index (κ1) is 9.25. The number of carbonyl (C=O) groups is 1. The summed E-state index contributed by atoms with van der Waals surface area (Å²) in [6, 6.07) is 3.06. The summed E-state index contributed by atoms with van der Waals surface area (Å²) in [6.45, 7) is 0. The summed E-state index contributed by atoms with van der Waals surface area (Å²) in [7, 11) is 1.71. The fourth-order valence-corrected chi connectivity index (χ4v) is 1.33. The molecule has 4 N–H and O–H groups in total. The van der Waals surface area contributed by atoms with E-state index in [1.54, 1.807) is 13.1 Å². The number of nitrogens with two attached hydrogens (primary N) is 1. The van der Waals surface area contributed by atoms with Gasteiger partial charge in [-0.15, -0.1) is 5.10 Å². The Balaban J connectivity index is 2.82. The number of fused-ring (bicyclic) bond motifs is 1. The zero-order chi connectivity index (χ0) is 11.0. The maximum atomic E-state index is 10.9. The van der Waals surface area contributed by atoms with Crippen molar-refractivity contribution in [2.24, 2.45) is 0 Å². The molecule has 0 amide bonds. The average Bonchev–Trinajstić information content (AvgIpc) is 2.56. The highest BCUT2D eigenvalue weighted by Gasteiger charge is 2.13. The molecule has 2 aromatic heterocycles. The van der Waals surface area contributed by atoms with Crippen LogP contribution in [0.4, 0.5) is 11.6 Å².